The van der Waals surface area contributed by atoms with Crippen LogP contribution in [0.3, 0.4) is 0 Å². The number of hydrogen-bond donors (Lipinski definition) is 2. The van der Waals surface area contributed by atoms with E-state index in [2.05, 4.69) is 5.32 Å². The smallest absolute Gasteiger partial charge is 0.320 e. The first-order valence-electron chi connectivity index (χ1n) is 5.85. The molecule has 0 aliphatic carbocycles. The first kappa shape index (κ1) is 11.9. The molecular weight excluding hydrogens is 218 g/mol. The fraction of sp³-hybridized carbons (Fsp3) is 0.462. The average Bonchev–Trinajstić information content (AvgIpc) is 2.33. The normalized spacial score (nSPS) is 24.3. The molecule has 1 aromatic carbocycles. The fourth-order valence-electron chi connectivity index (χ4n) is 2.01. The van der Waals surface area contributed by atoms with Gasteiger partial charge in [0.15, 0.2) is 0 Å². The third-order valence-electron chi connectivity index (χ3n) is 3.05. The van der Waals surface area contributed by atoms with E-state index in [0.29, 0.717) is 13.0 Å². The number of para-hydroxylation sites is 1. The molecule has 1 aliphatic heterocycles. The van der Waals surface area contributed by atoms with Crippen LogP contribution in [0.2, 0.25) is 0 Å². The molecule has 1 saturated heterocycles. The minimum Gasteiger partial charge on any atom is -0.489 e. The van der Waals surface area contributed by atoms with Gasteiger partial charge >= 0.3 is 5.97 Å². The van der Waals surface area contributed by atoms with Gasteiger partial charge in [0.2, 0.25) is 0 Å². The highest BCUT2D eigenvalue weighted by Gasteiger charge is 2.26. The molecule has 4 heteroatoms. The number of benzene rings is 1. The number of nitrogens with one attached hydrogen (secondary N) is 1. The molecule has 1 fully saturated rings. The van der Waals surface area contributed by atoms with Gasteiger partial charge < -0.3 is 15.2 Å². The number of rotatable bonds is 3. The van der Waals surface area contributed by atoms with Gasteiger partial charge in [0.05, 0.1) is 0 Å². The molecule has 17 heavy (non-hydrogen) atoms. The summed E-state index contributed by atoms with van der Waals surface area (Å²) in [6.07, 6.45) is 1.45. The van der Waals surface area contributed by atoms with Gasteiger partial charge in [-0.15, -0.1) is 0 Å². The predicted molar refractivity (Wildman–Crippen MR) is 64.3 cm³/mol. The molecule has 2 unspecified atom stereocenters. The lowest BCUT2D eigenvalue weighted by atomic mass is 10.0. The van der Waals surface area contributed by atoms with Crippen LogP contribution in [0, 0.1) is 6.92 Å². The third-order valence-corrected chi connectivity index (χ3v) is 3.05. The summed E-state index contributed by atoms with van der Waals surface area (Å²) in [5.41, 5.74) is 1.10. The number of aliphatic carboxylic acids is 1. The van der Waals surface area contributed by atoms with Crippen molar-refractivity contribution in [2.45, 2.75) is 31.9 Å². The van der Waals surface area contributed by atoms with Crippen molar-refractivity contribution in [3.8, 4) is 5.75 Å². The molecular formula is C13H17NO3. The van der Waals surface area contributed by atoms with Crippen LogP contribution in [0.4, 0.5) is 0 Å². The summed E-state index contributed by atoms with van der Waals surface area (Å²) in [6.45, 7) is 2.59. The lowest BCUT2D eigenvalue weighted by Crippen LogP contribution is -2.47. The zero-order valence-electron chi connectivity index (χ0n) is 9.85. The number of piperidine rings is 1. The van der Waals surface area contributed by atoms with E-state index >= 15 is 0 Å². The van der Waals surface area contributed by atoms with E-state index in [-0.39, 0.29) is 6.10 Å². The molecule has 0 amide bonds. The molecule has 0 aromatic heterocycles. The Labute approximate surface area is 101 Å². The van der Waals surface area contributed by atoms with Crippen LogP contribution in [-0.4, -0.2) is 29.8 Å². The highest BCUT2D eigenvalue weighted by Crippen LogP contribution is 2.21. The highest BCUT2D eigenvalue weighted by molar-refractivity contribution is 5.73. The monoisotopic (exact) mass is 235 g/mol. The van der Waals surface area contributed by atoms with Crippen molar-refractivity contribution in [1.29, 1.82) is 0 Å². The van der Waals surface area contributed by atoms with E-state index in [1.165, 1.54) is 0 Å². The summed E-state index contributed by atoms with van der Waals surface area (Å²) in [6, 6.07) is 7.44. The number of carbonyl (C=O) groups is 1. The van der Waals surface area contributed by atoms with Crippen molar-refractivity contribution in [1.82, 2.24) is 5.32 Å². The summed E-state index contributed by atoms with van der Waals surface area (Å²) in [7, 11) is 0. The molecule has 4 nitrogen and oxygen atoms in total. The van der Waals surface area contributed by atoms with Crippen LogP contribution in [0.5, 0.6) is 5.75 Å². The Balaban J connectivity index is 1.90. The van der Waals surface area contributed by atoms with Gasteiger partial charge in [0.25, 0.3) is 0 Å². The van der Waals surface area contributed by atoms with Gasteiger partial charge in [0.1, 0.15) is 17.9 Å². The molecule has 92 valence electrons. The molecule has 2 N–H and O–H groups in total. The molecule has 1 heterocycles. The summed E-state index contributed by atoms with van der Waals surface area (Å²) in [5, 5.41) is 11.8. The van der Waals surface area contributed by atoms with Crippen LogP contribution < -0.4 is 10.1 Å². The van der Waals surface area contributed by atoms with Gasteiger partial charge in [0, 0.05) is 6.54 Å². The van der Waals surface area contributed by atoms with E-state index < -0.39 is 12.0 Å². The SMILES string of the molecule is Cc1ccccc1OC1CCC(C(=O)O)NC1. The predicted octanol–water partition coefficient (Wildman–Crippen LogP) is 1.58. The Morgan fingerprint density at radius 1 is 1.41 bits per heavy atom. The van der Waals surface area contributed by atoms with Crippen molar-refractivity contribution in [2.75, 3.05) is 6.54 Å². The van der Waals surface area contributed by atoms with Gasteiger partial charge in [-0.1, -0.05) is 18.2 Å². The first-order chi connectivity index (χ1) is 8.16. The summed E-state index contributed by atoms with van der Waals surface area (Å²) in [4.78, 5) is 10.8. The topological polar surface area (TPSA) is 58.6 Å². The molecule has 1 aromatic rings. The second kappa shape index (κ2) is 5.19. The van der Waals surface area contributed by atoms with Gasteiger partial charge in [-0.2, -0.15) is 0 Å². The van der Waals surface area contributed by atoms with Crippen LogP contribution in [0.15, 0.2) is 24.3 Å². The van der Waals surface area contributed by atoms with Crippen molar-refractivity contribution in [2.24, 2.45) is 0 Å². The molecule has 2 atom stereocenters. The number of aryl methyl sites for hydroxylation is 1. The van der Waals surface area contributed by atoms with E-state index in [4.69, 9.17) is 9.84 Å². The Kier molecular flexibility index (Phi) is 3.64. The average molecular weight is 235 g/mol. The maximum atomic E-state index is 10.8. The molecule has 0 radical (unpaired) electrons. The second-order valence-electron chi connectivity index (χ2n) is 4.38. The Morgan fingerprint density at radius 3 is 2.76 bits per heavy atom. The number of carboxylic acids is 1. The summed E-state index contributed by atoms with van der Waals surface area (Å²) >= 11 is 0. The molecule has 0 bridgehead atoms. The van der Waals surface area contributed by atoms with Crippen LogP contribution in [-0.2, 0) is 4.79 Å². The molecule has 0 spiro atoms. The Hall–Kier alpha value is -1.55. The first-order valence-corrected chi connectivity index (χ1v) is 5.85. The third kappa shape index (κ3) is 2.97. The standard InChI is InChI=1S/C13H17NO3/c1-9-4-2-3-5-12(9)17-10-6-7-11(13(15)16)14-8-10/h2-5,10-11,14H,6-8H2,1H3,(H,15,16). The van der Waals surface area contributed by atoms with E-state index in [1.54, 1.807) is 0 Å². The van der Waals surface area contributed by atoms with Crippen LogP contribution in [0.25, 0.3) is 0 Å². The minimum atomic E-state index is -0.778. The van der Waals surface area contributed by atoms with Crippen LogP contribution >= 0.6 is 0 Å². The molecule has 1 aliphatic rings. The second-order valence-corrected chi connectivity index (χ2v) is 4.38. The van der Waals surface area contributed by atoms with Gasteiger partial charge in [-0.05, 0) is 31.4 Å². The lowest BCUT2D eigenvalue weighted by molar-refractivity contribution is -0.140. The minimum absolute atomic E-state index is 0.0618. The number of ether oxygens (including phenoxy) is 1. The van der Waals surface area contributed by atoms with Crippen molar-refractivity contribution in [3.63, 3.8) is 0 Å². The highest BCUT2D eigenvalue weighted by atomic mass is 16.5. The van der Waals surface area contributed by atoms with Gasteiger partial charge in [-0.25, -0.2) is 0 Å². The van der Waals surface area contributed by atoms with E-state index in [0.717, 1.165) is 17.7 Å². The zero-order chi connectivity index (χ0) is 12.3. The number of carboxylic acid groups (broad SMARTS) is 1. The maximum Gasteiger partial charge on any atom is 0.320 e. The molecule has 0 saturated carbocycles. The summed E-state index contributed by atoms with van der Waals surface area (Å²) < 4.78 is 5.86. The fourth-order valence-corrected chi connectivity index (χ4v) is 2.01. The van der Waals surface area contributed by atoms with E-state index in [9.17, 15) is 4.79 Å². The van der Waals surface area contributed by atoms with Crippen molar-refractivity contribution in [3.05, 3.63) is 29.8 Å². The Morgan fingerprint density at radius 2 is 2.18 bits per heavy atom. The quantitative estimate of drug-likeness (QED) is 0.835. The van der Waals surface area contributed by atoms with Crippen molar-refractivity contribution >= 4 is 5.97 Å². The van der Waals surface area contributed by atoms with Crippen molar-refractivity contribution < 1.29 is 14.6 Å². The van der Waals surface area contributed by atoms with Gasteiger partial charge in [-0.3, -0.25) is 4.79 Å². The zero-order valence-corrected chi connectivity index (χ0v) is 9.85. The lowest BCUT2D eigenvalue weighted by Gasteiger charge is -2.28. The number of hydrogen-bond acceptors (Lipinski definition) is 3. The molecule has 2 rings (SSSR count). The van der Waals surface area contributed by atoms with E-state index in [1.807, 2.05) is 31.2 Å². The maximum absolute atomic E-state index is 10.8. The summed E-state index contributed by atoms with van der Waals surface area (Å²) in [5.74, 6) is 0.104. The largest absolute Gasteiger partial charge is 0.489 e. The van der Waals surface area contributed by atoms with Crippen LogP contribution in [0.1, 0.15) is 18.4 Å². The Bertz CT molecular complexity index is 397.